The van der Waals surface area contributed by atoms with Crippen molar-refractivity contribution in [2.45, 2.75) is 133 Å². The quantitative estimate of drug-likeness (QED) is 0.260. The van der Waals surface area contributed by atoms with E-state index in [1.54, 1.807) is 64.1 Å². The maximum absolute atomic E-state index is 14.7. The Labute approximate surface area is 343 Å². The van der Waals surface area contributed by atoms with Crippen molar-refractivity contribution in [3.63, 3.8) is 0 Å². The minimum absolute atomic E-state index is 0.00664. The predicted octanol–water partition coefficient (Wildman–Crippen LogP) is 5.47. The molecule has 0 spiro atoms. The number of carbonyl (C=O) groups excluding carboxylic acids is 5. The van der Waals surface area contributed by atoms with E-state index in [0.717, 1.165) is 12.8 Å². The first kappa shape index (κ1) is 42.0. The van der Waals surface area contributed by atoms with E-state index >= 15 is 0 Å². The number of allylic oxidation sites excluding steroid dienone is 1. The van der Waals surface area contributed by atoms with Gasteiger partial charge < -0.3 is 25.0 Å². The molecule has 0 aromatic heterocycles. The average Bonchev–Trinajstić information content (AvgIpc) is 3.95. The Kier molecular flexibility index (Phi) is 11.5. The minimum Gasteiger partial charge on any atom is -0.444 e. The van der Waals surface area contributed by atoms with Gasteiger partial charge in [-0.05, 0) is 102 Å². The topological polar surface area (TPSA) is 193 Å². The zero-order valence-corrected chi connectivity index (χ0v) is 34.7. The van der Waals surface area contributed by atoms with E-state index in [9.17, 15) is 36.8 Å². The van der Waals surface area contributed by atoms with Crippen LogP contribution in [0.3, 0.4) is 0 Å². The van der Waals surface area contributed by atoms with Gasteiger partial charge >= 0.3 is 12.2 Å². The normalized spacial score (nSPS) is 27.1. The van der Waals surface area contributed by atoms with Crippen LogP contribution in [0.25, 0.3) is 0 Å². The van der Waals surface area contributed by atoms with Crippen molar-refractivity contribution < 1.29 is 46.3 Å². The van der Waals surface area contributed by atoms with Gasteiger partial charge in [-0.25, -0.2) is 22.4 Å². The van der Waals surface area contributed by atoms with Gasteiger partial charge in [-0.15, -0.1) is 0 Å². The van der Waals surface area contributed by atoms with Crippen molar-refractivity contribution in [2.75, 3.05) is 17.2 Å². The molecule has 17 heteroatoms. The number of benzene rings is 2. The highest BCUT2D eigenvalue weighted by Crippen LogP contribution is 2.47. The molecular formula is C42H53FN6O9S. The number of anilines is 2. The van der Waals surface area contributed by atoms with Crippen LogP contribution in [0.1, 0.15) is 96.6 Å². The second-order valence-corrected chi connectivity index (χ2v) is 19.8. The van der Waals surface area contributed by atoms with Gasteiger partial charge in [0.1, 0.15) is 35.1 Å². The summed E-state index contributed by atoms with van der Waals surface area (Å²) in [6.07, 6.45) is 5.75. The fraction of sp³-hybridized carbons (Fsp3) is 0.548. The van der Waals surface area contributed by atoms with Crippen molar-refractivity contribution >= 4 is 51.3 Å². The van der Waals surface area contributed by atoms with Gasteiger partial charge in [-0.1, -0.05) is 37.1 Å². The van der Waals surface area contributed by atoms with Crippen molar-refractivity contribution in [2.24, 2.45) is 5.92 Å². The number of amides is 5. The zero-order valence-electron chi connectivity index (χ0n) is 33.8. The smallest absolute Gasteiger partial charge is 0.412 e. The lowest BCUT2D eigenvalue weighted by Gasteiger charge is -2.30. The molecule has 0 bridgehead atoms. The van der Waals surface area contributed by atoms with Crippen LogP contribution in [0.5, 0.6) is 0 Å². The molecule has 59 heavy (non-hydrogen) atoms. The summed E-state index contributed by atoms with van der Waals surface area (Å²) in [6.45, 7) is 6.86. The Balaban J connectivity index is 1.13. The van der Waals surface area contributed by atoms with E-state index in [4.69, 9.17) is 9.47 Å². The molecule has 2 aromatic carbocycles. The van der Waals surface area contributed by atoms with Crippen LogP contribution in [0.2, 0.25) is 0 Å². The number of sulfonamides is 1. The molecule has 318 valence electrons. The Morgan fingerprint density at radius 2 is 1.71 bits per heavy atom. The van der Waals surface area contributed by atoms with E-state index in [1.165, 1.54) is 15.9 Å². The largest absolute Gasteiger partial charge is 0.444 e. The molecule has 2 saturated carbocycles. The van der Waals surface area contributed by atoms with Gasteiger partial charge in [0.25, 0.3) is 5.91 Å². The molecule has 0 unspecified atom stereocenters. The SMILES string of the molecule is CC(C)(C)OC(=O)Nc1ccc(N[C@H]2CCCCC/C=C\[C@@H]3C[C@@]3(C(=O)NS(=O)(=O)C3(C)CC3)NC(=O)[C@@H]3C[C@@H](OC(=O)N4Cc5cccc(F)c5C4)CN3C2=O)cc1. The standard InChI is InChI=1S/C42H53FN6O9S/c1-40(2,3)58-38(53)45-29-17-15-28(16-18-29)44-33-14-9-7-5-6-8-12-27-22-42(27,37(52)47-59(55,56)41(4)19-20-41)46-35(50)34-21-30(24-49(34)36(33)51)57-39(54)48-23-26-11-10-13-32(43)31(26)25-48/h8,10-13,15-18,27,30,33-34,44H,5-7,9,14,19-25H2,1-4H3,(H,45,53)(H,46,50)(H,47,52)/b12-8-/t27-,30-,33+,34+,42-/m1/s1. The van der Waals surface area contributed by atoms with Crippen LogP contribution in [0.15, 0.2) is 54.6 Å². The van der Waals surface area contributed by atoms with Crippen LogP contribution in [0.4, 0.5) is 25.4 Å². The molecule has 3 heterocycles. The van der Waals surface area contributed by atoms with Crippen molar-refractivity contribution in [3.05, 3.63) is 71.6 Å². The second-order valence-electron chi connectivity index (χ2n) is 17.6. The number of nitrogens with zero attached hydrogens (tertiary/aromatic N) is 2. The van der Waals surface area contributed by atoms with Crippen LogP contribution in [0, 0.1) is 11.7 Å². The third-order valence-corrected chi connectivity index (χ3v) is 14.0. The summed E-state index contributed by atoms with van der Waals surface area (Å²) < 4.78 is 53.3. The number of hydrogen-bond acceptors (Lipinski definition) is 10. The number of carbonyl (C=O) groups is 5. The highest BCUT2D eigenvalue weighted by Gasteiger charge is 2.63. The van der Waals surface area contributed by atoms with Crippen molar-refractivity contribution in [3.8, 4) is 0 Å². The number of nitrogens with one attached hydrogen (secondary N) is 4. The molecule has 2 aliphatic carbocycles. The second kappa shape index (κ2) is 16.1. The first-order chi connectivity index (χ1) is 27.9. The number of fused-ring (bicyclic) bond motifs is 3. The number of halogens is 1. The summed E-state index contributed by atoms with van der Waals surface area (Å²) in [5, 5.41) is 8.85. The molecule has 3 fully saturated rings. The summed E-state index contributed by atoms with van der Waals surface area (Å²) in [7, 11) is -4.02. The van der Waals surface area contributed by atoms with E-state index < -0.39 is 85.7 Å². The molecular weight excluding hydrogens is 784 g/mol. The van der Waals surface area contributed by atoms with Crippen molar-refractivity contribution in [1.29, 1.82) is 0 Å². The molecule has 5 amide bonds. The third-order valence-electron chi connectivity index (χ3n) is 11.8. The Morgan fingerprint density at radius 3 is 2.41 bits per heavy atom. The fourth-order valence-electron chi connectivity index (χ4n) is 7.95. The van der Waals surface area contributed by atoms with Crippen LogP contribution < -0.4 is 20.7 Å². The van der Waals surface area contributed by atoms with Crippen LogP contribution >= 0.6 is 0 Å². The van der Waals surface area contributed by atoms with E-state index in [1.807, 2.05) is 12.2 Å². The zero-order chi connectivity index (χ0) is 42.3. The Morgan fingerprint density at radius 1 is 0.983 bits per heavy atom. The molecule has 7 rings (SSSR count). The monoisotopic (exact) mass is 836 g/mol. The molecule has 5 aliphatic rings. The fourth-order valence-corrected chi connectivity index (χ4v) is 9.26. The van der Waals surface area contributed by atoms with Gasteiger partial charge in [0, 0.05) is 35.8 Å². The first-order valence-electron chi connectivity index (χ1n) is 20.3. The number of rotatable bonds is 7. The molecule has 0 radical (unpaired) electrons. The highest BCUT2D eigenvalue weighted by atomic mass is 32.2. The summed E-state index contributed by atoms with van der Waals surface area (Å²) in [6, 6.07) is 9.39. The van der Waals surface area contributed by atoms with Crippen LogP contribution in [-0.2, 0) is 47.0 Å². The van der Waals surface area contributed by atoms with Crippen LogP contribution in [-0.4, -0.2) is 88.7 Å². The van der Waals surface area contributed by atoms with Crippen molar-refractivity contribution in [1.82, 2.24) is 19.8 Å². The lowest BCUT2D eigenvalue weighted by Crippen LogP contribution is -2.58. The summed E-state index contributed by atoms with van der Waals surface area (Å²) >= 11 is 0. The molecule has 1 saturated heterocycles. The Bertz CT molecular complexity index is 2140. The molecule has 4 N–H and O–H groups in total. The number of hydrogen-bond donors (Lipinski definition) is 4. The lowest BCUT2D eigenvalue weighted by molar-refractivity contribution is -0.140. The van der Waals surface area contributed by atoms with E-state index in [2.05, 4.69) is 20.7 Å². The maximum Gasteiger partial charge on any atom is 0.412 e. The molecule has 15 nitrogen and oxygen atoms in total. The van der Waals surface area contributed by atoms with E-state index in [0.29, 0.717) is 54.6 Å². The van der Waals surface area contributed by atoms with Gasteiger partial charge in [-0.2, -0.15) is 0 Å². The highest BCUT2D eigenvalue weighted by molar-refractivity contribution is 7.91. The lowest BCUT2D eigenvalue weighted by atomic mass is 10.0. The van der Waals surface area contributed by atoms with Gasteiger partial charge in [-0.3, -0.25) is 29.3 Å². The molecule has 3 aliphatic heterocycles. The average molecular weight is 837 g/mol. The van der Waals surface area contributed by atoms with Gasteiger partial charge in [0.2, 0.25) is 21.8 Å². The first-order valence-corrected chi connectivity index (χ1v) is 21.8. The van der Waals surface area contributed by atoms with E-state index in [-0.39, 0.29) is 32.5 Å². The molecule has 2 aromatic rings. The summed E-state index contributed by atoms with van der Waals surface area (Å²) in [4.78, 5) is 71.5. The summed E-state index contributed by atoms with van der Waals surface area (Å²) in [5.74, 6) is -2.85. The maximum atomic E-state index is 14.7. The van der Waals surface area contributed by atoms with Gasteiger partial charge in [0.15, 0.2) is 0 Å². The minimum atomic E-state index is -4.02. The third kappa shape index (κ3) is 9.34. The van der Waals surface area contributed by atoms with Gasteiger partial charge in [0.05, 0.1) is 17.8 Å². The molecule has 5 atom stereocenters. The predicted molar refractivity (Wildman–Crippen MR) is 216 cm³/mol. The Hall–Kier alpha value is -5.19. The number of ether oxygens (including phenoxy) is 2. The summed E-state index contributed by atoms with van der Waals surface area (Å²) in [5.41, 5.74) is -0.135.